The minimum atomic E-state index is -0.597. The van der Waals surface area contributed by atoms with Crippen LogP contribution in [0.4, 0.5) is 4.39 Å². The molecule has 5 nitrogen and oxygen atoms in total. The molecule has 0 bridgehead atoms. The molecule has 0 radical (unpaired) electrons. The first-order valence-electron chi connectivity index (χ1n) is 8.29. The molecule has 0 saturated heterocycles. The summed E-state index contributed by atoms with van der Waals surface area (Å²) in [5, 5.41) is 0. The number of cyclic esters (lactones) is 1. The third kappa shape index (κ3) is 3.91. The molecule has 0 atom stereocenters. The third-order valence-corrected chi connectivity index (χ3v) is 3.58. The molecule has 134 valence electrons. The SMILES string of the molecule is CCOc1ccc(/C=C2\N=C(c3cccc(F)c3)OC2=O)c(OCC)c1. The Bertz CT molecular complexity index is 889. The molecule has 0 fully saturated rings. The molecule has 0 N–H and O–H groups in total. The number of esters is 1. The van der Waals surface area contributed by atoms with E-state index in [1.807, 2.05) is 13.8 Å². The zero-order valence-electron chi connectivity index (χ0n) is 14.5. The largest absolute Gasteiger partial charge is 0.494 e. The fourth-order valence-corrected chi connectivity index (χ4v) is 2.47. The van der Waals surface area contributed by atoms with Gasteiger partial charge in [0.15, 0.2) is 5.70 Å². The Labute approximate surface area is 150 Å². The van der Waals surface area contributed by atoms with Crippen LogP contribution in [0.2, 0.25) is 0 Å². The fraction of sp³-hybridized carbons (Fsp3) is 0.200. The summed E-state index contributed by atoms with van der Waals surface area (Å²) in [5.74, 6) is 0.304. The molecule has 26 heavy (non-hydrogen) atoms. The van der Waals surface area contributed by atoms with E-state index in [2.05, 4.69) is 4.99 Å². The van der Waals surface area contributed by atoms with Gasteiger partial charge in [0, 0.05) is 17.2 Å². The van der Waals surface area contributed by atoms with Crippen LogP contribution in [0, 0.1) is 5.82 Å². The van der Waals surface area contributed by atoms with Crippen molar-refractivity contribution in [3.05, 3.63) is 65.1 Å². The van der Waals surface area contributed by atoms with E-state index in [-0.39, 0.29) is 11.6 Å². The fourth-order valence-electron chi connectivity index (χ4n) is 2.47. The Hall–Kier alpha value is -3.15. The second-order valence-electron chi connectivity index (χ2n) is 5.41. The van der Waals surface area contributed by atoms with Gasteiger partial charge >= 0.3 is 5.97 Å². The van der Waals surface area contributed by atoms with Gasteiger partial charge in [-0.15, -0.1) is 0 Å². The monoisotopic (exact) mass is 355 g/mol. The maximum Gasteiger partial charge on any atom is 0.363 e. The van der Waals surface area contributed by atoms with Gasteiger partial charge in [0.25, 0.3) is 0 Å². The number of hydrogen-bond donors (Lipinski definition) is 0. The Morgan fingerprint density at radius 3 is 2.65 bits per heavy atom. The van der Waals surface area contributed by atoms with E-state index in [1.165, 1.54) is 18.2 Å². The molecule has 1 aliphatic rings. The molecule has 0 aromatic heterocycles. The van der Waals surface area contributed by atoms with Crippen molar-refractivity contribution in [1.29, 1.82) is 0 Å². The molecule has 1 aliphatic heterocycles. The van der Waals surface area contributed by atoms with Crippen LogP contribution >= 0.6 is 0 Å². The lowest BCUT2D eigenvalue weighted by molar-refractivity contribution is -0.129. The van der Waals surface area contributed by atoms with Gasteiger partial charge in [-0.05, 0) is 50.3 Å². The normalized spacial score (nSPS) is 15.0. The number of halogens is 1. The number of carbonyl (C=O) groups is 1. The van der Waals surface area contributed by atoms with Gasteiger partial charge in [0.2, 0.25) is 5.90 Å². The second kappa shape index (κ2) is 7.82. The van der Waals surface area contributed by atoms with Crippen LogP contribution in [0.1, 0.15) is 25.0 Å². The summed E-state index contributed by atoms with van der Waals surface area (Å²) in [4.78, 5) is 16.3. The van der Waals surface area contributed by atoms with E-state index in [0.717, 1.165) is 0 Å². The van der Waals surface area contributed by atoms with Crippen molar-refractivity contribution in [3.63, 3.8) is 0 Å². The number of nitrogens with zero attached hydrogens (tertiary/aromatic N) is 1. The molecular weight excluding hydrogens is 337 g/mol. The lowest BCUT2D eigenvalue weighted by Crippen LogP contribution is -2.05. The Kier molecular flexibility index (Phi) is 5.31. The summed E-state index contributed by atoms with van der Waals surface area (Å²) in [6.07, 6.45) is 1.58. The number of rotatable bonds is 6. The third-order valence-electron chi connectivity index (χ3n) is 3.58. The highest BCUT2D eigenvalue weighted by molar-refractivity contribution is 6.12. The molecule has 0 aliphatic carbocycles. The summed E-state index contributed by atoms with van der Waals surface area (Å²) in [6, 6.07) is 11.1. The first-order valence-corrected chi connectivity index (χ1v) is 8.29. The van der Waals surface area contributed by atoms with Crippen LogP contribution in [0.15, 0.2) is 53.2 Å². The van der Waals surface area contributed by atoms with E-state index in [4.69, 9.17) is 14.2 Å². The number of benzene rings is 2. The van der Waals surface area contributed by atoms with Crippen molar-refractivity contribution < 1.29 is 23.4 Å². The zero-order chi connectivity index (χ0) is 18.5. The molecule has 6 heteroatoms. The quantitative estimate of drug-likeness (QED) is 0.581. The highest BCUT2D eigenvalue weighted by Gasteiger charge is 2.24. The standard InChI is InChI=1S/C20H18FNO4/c1-3-24-16-9-8-13(18(12-16)25-4-2)11-17-20(23)26-19(22-17)14-6-5-7-15(21)10-14/h5-12H,3-4H2,1-2H3/b17-11-. The van der Waals surface area contributed by atoms with E-state index in [1.54, 1.807) is 30.3 Å². The first-order chi connectivity index (χ1) is 12.6. The van der Waals surface area contributed by atoms with E-state index in [0.29, 0.717) is 35.8 Å². The molecule has 2 aromatic carbocycles. The van der Waals surface area contributed by atoms with Crippen LogP contribution in [0.3, 0.4) is 0 Å². The topological polar surface area (TPSA) is 57.1 Å². The van der Waals surface area contributed by atoms with Crippen molar-refractivity contribution in [2.24, 2.45) is 4.99 Å². The average Bonchev–Trinajstić information content (AvgIpc) is 2.98. The van der Waals surface area contributed by atoms with Crippen LogP contribution in [0.5, 0.6) is 11.5 Å². The highest BCUT2D eigenvalue weighted by Crippen LogP contribution is 2.29. The van der Waals surface area contributed by atoms with Crippen LogP contribution < -0.4 is 9.47 Å². The molecule has 3 rings (SSSR count). The molecular formula is C20H18FNO4. The Morgan fingerprint density at radius 2 is 1.92 bits per heavy atom. The Balaban J connectivity index is 1.95. The van der Waals surface area contributed by atoms with Gasteiger partial charge in [-0.1, -0.05) is 6.07 Å². The predicted octanol–water partition coefficient (Wildman–Crippen LogP) is 3.97. The van der Waals surface area contributed by atoms with Crippen molar-refractivity contribution in [2.45, 2.75) is 13.8 Å². The minimum Gasteiger partial charge on any atom is -0.494 e. The van der Waals surface area contributed by atoms with Gasteiger partial charge in [-0.25, -0.2) is 14.2 Å². The van der Waals surface area contributed by atoms with Crippen molar-refractivity contribution in [3.8, 4) is 11.5 Å². The maximum absolute atomic E-state index is 13.4. The summed E-state index contributed by atoms with van der Waals surface area (Å²) >= 11 is 0. The van der Waals surface area contributed by atoms with Crippen molar-refractivity contribution in [1.82, 2.24) is 0 Å². The lowest BCUT2D eigenvalue weighted by atomic mass is 10.1. The first kappa shape index (κ1) is 17.7. The van der Waals surface area contributed by atoms with E-state index >= 15 is 0 Å². The molecule has 0 spiro atoms. The van der Waals surface area contributed by atoms with Crippen LogP contribution in [-0.4, -0.2) is 25.1 Å². The molecule has 0 saturated carbocycles. The number of aliphatic imine (C=N–C) groups is 1. The van der Waals surface area contributed by atoms with E-state index < -0.39 is 11.8 Å². The zero-order valence-corrected chi connectivity index (χ0v) is 14.5. The van der Waals surface area contributed by atoms with Gasteiger partial charge in [0.05, 0.1) is 13.2 Å². The van der Waals surface area contributed by atoms with Crippen LogP contribution in [-0.2, 0) is 9.53 Å². The maximum atomic E-state index is 13.4. The van der Waals surface area contributed by atoms with Crippen molar-refractivity contribution in [2.75, 3.05) is 13.2 Å². The number of ether oxygens (including phenoxy) is 3. The highest BCUT2D eigenvalue weighted by atomic mass is 19.1. The molecule has 2 aromatic rings. The van der Waals surface area contributed by atoms with E-state index in [9.17, 15) is 9.18 Å². The summed E-state index contributed by atoms with van der Waals surface area (Å²) in [5.41, 5.74) is 1.19. The molecule has 0 amide bonds. The minimum absolute atomic E-state index is 0.0737. The number of hydrogen-bond acceptors (Lipinski definition) is 5. The summed E-state index contributed by atoms with van der Waals surface area (Å²) < 4.78 is 29.6. The van der Waals surface area contributed by atoms with Crippen molar-refractivity contribution >= 4 is 17.9 Å². The molecule has 0 unspecified atom stereocenters. The molecule has 1 heterocycles. The Morgan fingerprint density at radius 1 is 1.12 bits per heavy atom. The van der Waals surface area contributed by atoms with Crippen LogP contribution in [0.25, 0.3) is 6.08 Å². The smallest absolute Gasteiger partial charge is 0.363 e. The number of carbonyl (C=O) groups excluding carboxylic acids is 1. The van der Waals surface area contributed by atoms with Gasteiger partial charge < -0.3 is 14.2 Å². The summed E-state index contributed by atoms with van der Waals surface area (Å²) in [6.45, 7) is 4.77. The lowest BCUT2D eigenvalue weighted by Gasteiger charge is -2.10. The second-order valence-corrected chi connectivity index (χ2v) is 5.41. The van der Waals surface area contributed by atoms with Gasteiger partial charge in [0.1, 0.15) is 17.3 Å². The van der Waals surface area contributed by atoms with Gasteiger partial charge in [-0.2, -0.15) is 0 Å². The summed E-state index contributed by atoms with van der Waals surface area (Å²) in [7, 11) is 0. The van der Waals surface area contributed by atoms with Gasteiger partial charge in [-0.3, -0.25) is 0 Å². The average molecular weight is 355 g/mol. The predicted molar refractivity (Wildman–Crippen MR) is 95.8 cm³/mol.